The van der Waals surface area contributed by atoms with Gasteiger partial charge in [0.05, 0.1) is 26.2 Å². The largest absolute Gasteiger partial charge is 1.00 e. The van der Waals surface area contributed by atoms with E-state index in [4.69, 9.17) is 28.4 Å². The average Bonchev–Trinajstić information content (AvgIpc) is 3.03. The van der Waals surface area contributed by atoms with Gasteiger partial charge in [-0.1, -0.05) is 6.07 Å². The number of aliphatic hydroxyl groups is 6. The van der Waals surface area contributed by atoms with Crippen molar-refractivity contribution in [1.29, 1.82) is 0 Å². The Morgan fingerprint density at radius 3 is 2.08 bits per heavy atom. The Hall–Kier alpha value is -0.950. The third-order valence-electron chi connectivity index (χ3n) is 8.10. The zero-order valence-corrected chi connectivity index (χ0v) is 34.2. The van der Waals surface area contributed by atoms with Crippen LogP contribution in [0.1, 0.15) is 35.4 Å². The fourth-order valence-electron chi connectivity index (χ4n) is 5.56. The van der Waals surface area contributed by atoms with Gasteiger partial charge in [-0.2, -0.15) is 0 Å². The van der Waals surface area contributed by atoms with Crippen LogP contribution in [-0.2, 0) is 23.3 Å². The van der Waals surface area contributed by atoms with Crippen LogP contribution >= 0.6 is 15.6 Å². The number of aliphatic hydroxyl groups excluding tert-OH is 6. The van der Waals surface area contributed by atoms with Crippen molar-refractivity contribution >= 4 is 21.4 Å². The quantitative estimate of drug-likeness (QED) is 0.0771. The number of fused-ring (bicyclic) bond motifs is 1. The average molecular weight is 814 g/mol. The summed E-state index contributed by atoms with van der Waals surface area (Å²) in [5, 5.41) is 61.9. The van der Waals surface area contributed by atoms with Crippen LogP contribution in [0.15, 0.2) is 30.3 Å². The van der Waals surface area contributed by atoms with Crippen LogP contribution in [0.4, 0.5) is 0 Å². The van der Waals surface area contributed by atoms with E-state index in [2.05, 4.69) is 9.05 Å². The number of phosphoric acid groups is 2. The Labute approximate surface area is 344 Å². The smallest absolute Gasteiger partial charge is 0.780 e. The Morgan fingerprint density at radius 2 is 1.45 bits per heavy atom. The predicted octanol–water partition coefficient (Wildman–Crippen LogP) is -8.88. The summed E-state index contributed by atoms with van der Waals surface area (Å²) >= 11 is 0. The summed E-state index contributed by atoms with van der Waals surface area (Å²) < 4.78 is 65.2. The number of carbonyl (C=O) groups is 1. The zero-order chi connectivity index (χ0) is 37.6. The maximum atomic E-state index is 13.3. The predicted molar refractivity (Wildman–Crippen MR) is 158 cm³/mol. The molecule has 0 radical (unpaired) electrons. The maximum absolute atomic E-state index is 13.3. The van der Waals surface area contributed by atoms with E-state index in [1.807, 2.05) is 0 Å². The van der Waals surface area contributed by atoms with Crippen molar-refractivity contribution in [2.24, 2.45) is 0 Å². The first-order valence-corrected chi connectivity index (χ1v) is 18.0. The summed E-state index contributed by atoms with van der Waals surface area (Å²) in [7, 11) is -9.67. The van der Waals surface area contributed by atoms with E-state index in [1.54, 1.807) is 0 Å². The number of rotatable bonds is 11. The molecule has 0 spiro atoms. The van der Waals surface area contributed by atoms with Gasteiger partial charge in [0.15, 0.2) is 23.6 Å². The first kappa shape index (κ1) is 46.4. The van der Waals surface area contributed by atoms with E-state index in [9.17, 15) is 64.1 Å². The second-order valence-electron chi connectivity index (χ2n) is 11.7. The molecule has 2 aromatic rings. The van der Waals surface area contributed by atoms with E-state index in [0.29, 0.717) is 0 Å². The van der Waals surface area contributed by atoms with E-state index in [-0.39, 0.29) is 70.4 Å². The van der Waals surface area contributed by atoms with Crippen molar-refractivity contribution in [1.82, 2.24) is 0 Å². The van der Waals surface area contributed by atoms with Crippen LogP contribution in [0.5, 0.6) is 28.7 Å². The third kappa shape index (κ3) is 11.1. The number of phosphoric ester groups is 2. The van der Waals surface area contributed by atoms with Crippen molar-refractivity contribution in [2.75, 3.05) is 13.7 Å². The minimum Gasteiger partial charge on any atom is -0.780 e. The molecule has 21 nitrogen and oxygen atoms in total. The van der Waals surface area contributed by atoms with Gasteiger partial charge in [0.25, 0.3) is 0 Å². The molecular formula is C28H34Na2O21P2. The second kappa shape index (κ2) is 18.5. The molecule has 8 N–H and O–H groups in total. The normalized spacial score (nSPS) is 31.5. The summed E-state index contributed by atoms with van der Waals surface area (Å²) in [5.74, 6) is -2.96. The molecule has 25 heteroatoms. The van der Waals surface area contributed by atoms with E-state index >= 15 is 0 Å². The van der Waals surface area contributed by atoms with Crippen LogP contribution in [0.25, 0.3) is 0 Å². The van der Waals surface area contributed by atoms with Gasteiger partial charge < -0.3 is 82.5 Å². The Bertz CT molecular complexity index is 1690. The maximum Gasteiger partial charge on any atom is 1.00 e. The third-order valence-corrected chi connectivity index (χ3v) is 8.95. The fraction of sp³-hybridized carbons (Fsp3) is 0.536. The molecule has 3 aliphatic rings. The molecule has 0 amide bonds. The van der Waals surface area contributed by atoms with Crippen molar-refractivity contribution in [3.8, 4) is 28.7 Å². The van der Waals surface area contributed by atoms with E-state index in [0.717, 1.165) is 18.2 Å². The molecule has 2 aromatic carbocycles. The molecule has 0 aliphatic carbocycles. The molecule has 3 aliphatic heterocycles. The molecule has 2 saturated heterocycles. The summed E-state index contributed by atoms with van der Waals surface area (Å²) in [6.45, 7) is 0.765. The molecule has 2 fully saturated rings. The summed E-state index contributed by atoms with van der Waals surface area (Å²) in [5.41, 5.74) is -0.356. The van der Waals surface area contributed by atoms with E-state index < -0.39 is 131 Å². The summed E-state index contributed by atoms with van der Waals surface area (Å²) in [6.07, 6.45) is -18.1. The first-order valence-electron chi connectivity index (χ1n) is 15.0. The molecule has 5 rings (SSSR count). The van der Waals surface area contributed by atoms with Crippen LogP contribution < -0.4 is 92.2 Å². The number of ketones is 1. The molecule has 53 heavy (non-hydrogen) atoms. The minimum absolute atomic E-state index is 0. The number of hydrogen-bond donors (Lipinski definition) is 8. The number of Topliss-reactive ketones (excluding diaryl/α,β-unsaturated/α-hetero) is 1. The number of benzene rings is 2. The van der Waals surface area contributed by atoms with Gasteiger partial charge in [-0.25, -0.2) is 4.57 Å². The van der Waals surface area contributed by atoms with Gasteiger partial charge in [-0.3, -0.25) is 14.6 Å². The minimum atomic E-state index is -5.82. The molecule has 284 valence electrons. The molecule has 11 unspecified atom stereocenters. The summed E-state index contributed by atoms with van der Waals surface area (Å²) in [4.78, 5) is 55.1. The molecule has 0 saturated carbocycles. The molecule has 0 bridgehead atoms. The van der Waals surface area contributed by atoms with Crippen molar-refractivity contribution < 1.29 is 161 Å². The first-order chi connectivity index (χ1) is 23.8. The van der Waals surface area contributed by atoms with Gasteiger partial charge in [-0.15, -0.1) is 0 Å². The van der Waals surface area contributed by atoms with E-state index in [1.165, 1.54) is 26.2 Å². The molecular weight excluding hydrogens is 780 g/mol. The Kier molecular flexibility index (Phi) is 16.2. The Balaban J connectivity index is 0.00000378. The summed E-state index contributed by atoms with van der Waals surface area (Å²) in [6, 6.07) is 5.61. The fourth-order valence-corrected chi connectivity index (χ4v) is 6.35. The molecule has 11 atom stereocenters. The van der Waals surface area contributed by atoms with Crippen molar-refractivity contribution in [2.45, 2.75) is 80.9 Å². The monoisotopic (exact) mass is 814 g/mol. The number of hydrogen-bond acceptors (Lipinski definition) is 19. The van der Waals surface area contributed by atoms with Gasteiger partial charge in [0, 0.05) is 12.1 Å². The van der Waals surface area contributed by atoms with Crippen LogP contribution in [0.2, 0.25) is 0 Å². The standard InChI is InChI=1S/C28H36O21P2.2Na/c1-10-21(30)23(32)25(34)27(44-10)43-9-19-22(31)24(33)26(35)28(47-19)45-12-6-17-20(18(7-12)49-51(39,40)41)13(29)8-15(46-17)11-3-4-14(42-2)16(5-11)48-50(36,37)38;;/h3-7,10,15,19,21-28,30-35H,8-9H2,1-2H3,(H2,36,37,38)(H2,39,40,41);;/q;2*+1/p-2. The number of methoxy groups -OCH3 is 1. The van der Waals surface area contributed by atoms with Crippen LogP contribution in [0.3, 0.4) is 0 Å². The van der Waals surface area contributed by atoms with Gasteiger partial charge >= 0.3 is 66.9 Å². The second-order valence-corrected chi connectivity index (χ2v) is 13.9. The van der Waals surface area contributed by atoms with Crippen molar-refractivity contribution in [3.63, 3.8) is 0 Å². The van der Waals surface area contributed by atoms with Gasteiger partial charge in [0.2, 0.25) is 6.29 Å². The molecule has 3 heterocycles. The van der Waals surface area contributed by atoms with Crippen LogP contribution in [0, 0.1) is 0 Å². The van der Waals surface area contributed by atoms with Crippen molar-refractivity contribution in [3.05, 3.63) is 41.5 Å². The SMILES string of the molecule is COc1ccc(C2CC(=O)c3c(cc(OC4OC(COC5OC(C)C(O)C(O)C5O)C(O)C(O)C4O)cc3OP(=O)([O-])[O-])O2)cc1OP(=O)(O)O.[Na+].[Na+]. The topological polar surface area (TPSA) is 333 Å². The van der Waals surface area contributed by atoms with Gasteiger partial charge in [0.1, 0.15) is 79.5 Å². The molecule has 0 aromatic heterocycles. The zero-order valence-electron chi connectivity index (χ0n) is 28.4. The Morgan fingerprint density at radius 1 is 0.811 bits per heavy atom. The number of ether oxygens (including phenoxy) is 6. The van der Waals surface area contributed by atoms with Gasteiger partial charge in [-0.05, 0) is 24.6 Å². The van der Waals surface area contributed by atoms with Crippen LogP contribution in [-0.4, -0.2) is 121 Å². The number of carbonyl (C=O) groups excluding carboxylic acids is 1.